The number of sulfonamides is 1. The van der Waals surface area contributed by atoms with Crippen molar-refractivity contribution in [2.75, 3.05) is 10.0 Å². The summed E-state index contributed by atoms with van der Waals surface area (Å²) < 4.78 is 40.4. The van der Waals surface area contributed by atoms with Gasteiger partial charge in [-0.3, -0.25) is 14.8 Å². The van der Waals surface area contributed by atoms with Crippen molar-refractivity contribution in [3.05, 3.63) is 94.1 Å². The van der Waals surface area contributed by atoms with Crippen LogP contribution < -0.4 is 10.0 Å². The lowest BCUT2D eigenvalue weighted by Gasteiger charge is -2.09. The number of amides is 1. The van der Waals surface area contributed by atoms with Gasteiger partial charge in [0.2, 0.25) is 0 Å². The maximum Gasteiger partial charge on any atom is 0.261 e. The summed E-state index contributed by atoms with van der Waals surface area (Å²) in [5.41, 5.74) is 5.93. The zero-order valence-corrected chi connectivity index (χ0v) is 20.4. The number of nitrogens with zero attached hydrogens (tertiary/aromatic N) is 1. The van der Waals surface area contributed by atoms with E-state index in [1.807, 2.05) is 19.2 Å². The Kier molecular flexibility index (Phi) is 6.49. The minimum atomic E-state index is -3.87. The van der Waals surface area contributed by atoms with Crippen molar-refractivity contribution >= 4 is 38.1 Å². The third kappa shape index (κ3) is 5.16. The van der Waals surface area contributed by atoms with Gasteiger partial charge >= 0.3 is 0 Å². The molecule has 4 rings (SSSR count). The Balaban J connectivity index is 1.45. The molecule has 0 fully saturated rings. The average Bonchev–Trinajstić information content (AvgIpc) is 3.21. The molecule has 0 saturated heterocycles. The fraction of sp³-hybridized carbons (Fsp3) is 0.120. The highest BCUT2D eigenvalue weighted by Crippen LogP contribution is 2.31. The molecule has 34 heavy (non-hydrogen) atoms. The molecular formula is C25H22FN3O3S2. The van der Waals surface area contributed by atoms with E-state index in [1.165, 1.54) is 53.3 Å². The zero-order chi connectivity index (χ0) is 24.5. The van der Waals surface area contributed by atoms with Gasteiger partial charge in [-0.15, -0.1) is 11.3 Å². The Bertz CT molecular complexity index is 1440. The van der Waals surface area contributed by atoms with Crippen LogP contribution in [0.1, 0.15) is 27.0 Å². The van der Waals surface area contributed by atoms with Gasteiger partial charge in [0, 0.05) is 22.2 Å². The standard InChI is InChI=1S/C25H22FN3O3S2/c1-15-12-16(2)23(17(3)13-15)22-14-33-25(27-22)28-24(30)18-4-8-20(9-5-18)29-34(31,32)21-10-6-19(26)7-11-21/h4-14,29H,1-3H3,(H,27,28,30). The molecule has 0 atom stereocenters. The van der Waals surface area contributed by atoms with Gasteiger partial charge in [0.1, 0.15) is 5.82 Å². The summed E-state index contributed by atoms with van der Waals surface area (Å²) in [6.07, 6.45) is 0. The first-order valence-corrected chi connectivity index (χ1v) is 12.7. The molecule has 9 heteroatoms. The molecule has 0 unspecified atom stereocenters. The van der Waals surface area contributed by atoms with E-state index in [9.17, 15) is 17.6 Å². The van der Waals surface area contributed by atoms with E-state index in [-0.39, 0.29) is 16.5 Å². The highest BCUT2D eigenvalue weighted by atomic mass is 32.2. The van der Waals surface area contributed by atoms with Crippen LogP contribution in [0.15, 0.2) is 70.9 Å². The van der Waals surface area contributed by atoms with E-state index in [0.717, 1.165) is 34.5 Å². The van der Waals surface area contributed by atoms with Gasteiger partial charge in [-0.25, -0.2) is 17.8 Å². The first kappa shape index (κ1) is 23.6. The molecule has 1 amide bonds. The van der Waals surface area contributed by atoms with E-state index < -0.39 is 15.8 Å². The van der Waals surface area contributed by atoms with E-state index >= 15 is 0 Å². The average molecular weight is 496 g/mol. The van der Waals surface area contributed by atoms with Gasteiger partial charge in [-0.2, -0.15) is 0 Å². The smallest absolute Gasteiger partial charge is 0.261 e. The van der Waals surface area contributed by atoms with Gasteiger partial charge in [0.15, 0.2) is 5.13 Å². The fourth-order valence-corrected chi connectivity index (χ4v) is 5.47. The van der Waals surface area contributed by atoms with Gasteiger partial charge in [0.25, 0.3) is 15.9 Å². The van der Waals surface area contributed by atoms with E-state index in [2.05, 4.69) is 34.1 Å². The zero-order valence-electron chi connectivity index (χ0n) is 18.7. The van der Waals surface area contributed by atoms with Crippen LogP contribution in [0.3, 0.4) is 0 Å². The second kappa shape index (κ2) is 9.36. The van der Waals surface area contributed by atoms with Crippen molar-refractivity contribution in [1.82, 2.24) is 4.98 Å². The number of carbonyl (C=O) groups excluding carboxylic acids is 1. The van der Waals surface area contributed by atoms with E-state index in [0.29, 0.717) is 10.7 Å². The summed E-state index contributed by atoms with van der Waals surface area (Å²) in [7, 11) is -3.87. The molecule has 0 aliphatic heterocycles. The monoisotopic (exact) mass is 495 g/mol. The van der Waals surface area contributed by atoms with Crippen molar-refractivity contribution < 1.29 is 17.6 Å². The van der Waals surface area contributed by atoms with Gasteiger partial charge in [-0.1, -0.05) is 17.7 Å². The highest BCUT2D eigenvalue weighted by Gasteiger charge is 2.16. The normalized spacial score (nSPS) is 11.3. The quantitative estimate of drug-likeness (QED) is 0.347. The highest BCUT2D eigenvalue weighted by molar-refractivity contribution is 7.92. The molecule has 1 heterocycles. The van der Waals surface area contributed by atoms with Crippen LogP contribution in [-0.2, 0) is 10.0 Å². The number of benzene rings is 3. The molecule has 0 bridgehead atoms. The number of aromatic nitrogens is 1. The molecule has 174 valence electrons. The van der Waals surface area contributed by atoms with Crippen molar-refractivity contribution in [2.24, 2.45) is 0 Å². The van der Waals surface area contributed by atoms with Crippen LogP contribution in [-0.4, -0.2) is 19.3 Å². The number of anilines is 2. The van der Waals surface area contributed by atoms with E-state index in [4.69, 9.17) is 0 Å². The molecule has 0 radical (unpaired) electrons. The Morgan fingerprint density at radius 2 is 1.56 bits per heavy atom. The van der Waals surface area contributed by atoms with Crippen LogP contribution in [0.5, 0.6) is 0 Å². The molecule has 3 aromatic carbocycles. The molecule has 1 aromatic heterocycles. The van der Waals surface area contributed by atoms with Crippen molar-refractivity contribution in [3.63, 3.8) is 0 Å². The van der Waals surface area contributed by atoms with E-state index in [1.54, 1.807) is 0 Å². The number of carbonyl (C=O) groups is 1. The van der Waals surface area contributed by atoms with Crippen molar-refractivity contribution in [1.29, 1.82) is 0 Å². The van der Waals surface area contributed by atoms with Crippen LogP contribution in [0.4, 0.5) is 15.2 Å². The van der Waals surface area contributed by atoms with Crippen LogP contribution in [0.2, 0.25) is 0 Å². The summed E-state index contributed by atoms with van der Waals surface area (Å²) >= 11 is 1.34. The van der Waals surface area contributed by atoms with Crippen molar-refractivity contribution in [2.45, 2.75) is 25.7 Å². The minimum absolute atomic E-state index is 0.0608. The number of aryl methyl sites for hydroxylation is 3. The second-order valence-electron chi connectivity index (χ2n) is 7.90. The predicted octanol–water partition coefficient (Wildman–Crippen LogP) is 5.93. The molecule has 0 aliphatic rings. The maximum absolute atomic E-state index is 13.1. The predicted molar refractivity (Wildman–Crippen MR) is 133 cm³/mol. The number of hydrogen-bond donors (Lipinski definition) is 2. The molecule has 4 aromatic rings. The van der Waals surface area contributed by atoms with Gasteiger partial charge in [-0.05, 0) is 80.4 Å². The third-order valence-electron chi connectivity index (χ3n) is 5.18. The second-order valence-corrected chi connectivity index (χ2v) is 10.4. The summed E-state index contributed by atoms with van der Waals surface area (Å²) in [6.45, 7) is 6.13. The third-order valence-corrected chi connectivity index (χ3v) is 7.34. The topological polar surface area (TPSA) is 88.2 Å². The number of rotatable bonds is 6. The lowest BCUT2D eigenvalue weighted by atomic mass is 9.98. The molecule has 0 aliphatic carbocycles. The molecule has 0 saturated carbocycles. The largest absolute Gasteiger partial charge is 0.298 e. The summed E-state index contributed by atoms with van der Waals surface area (Å²) in [4.78, 5) is 17.2. The number of nitrogens with one attached hydrogen (secondary N) is 2. The fourth-order valence-electron chi connectivity index (χ4n) is 3.72. The lowest BCUT2D eigenvalue weighted by Crippen LogP contribution is -2.14. The first-order valence-electron chi connectivity index (χ1n) is 10.4. The summed E-state index contributed by atoms with van der Waals surface area (Å²) in [6, 6.07) is 14.7. The Morgan fingerprint density at radius 3 is 2.18 bits per heavy atom. The summed E-state index contributed by atoms with van der Waals surface area (Å²) in [5, 5.41) is 5.17. The number of thiazole rings is 1. The van der Waals surface area contributed by atoms with Crippen LogP contribution in [0.25, 0.3) is 11.3 Å². The minimum Gasteiger partial charge on any atom is -0.298 e. The Labute approximate surface area is 201 Å². The van der Waals surface area contributed by atoms with Crippen molar-refractivity contribution in [3.8, 4) is 11.3 Å². The van der Waals surface area contributed by atoms with Gasteiger partial charge in [0.05, 0.1) is 10.6 Å². The molecule has 2 N–H and O–H groups in total. The Hall–Kier alpha value is -3.56. The van der Waals surface area contributed by atoms with Gasteiger partial charge < -0.3 is 0 Å². The lowest BCUT2D eigenvalue weighted by molar-refractivity contribution is 0.102. The summed E-state index contributed by atoms with van der Waals surface area (Å²) in [5.74, 6) is -0.878. The number of hydrogen-bond acceptors (Lipinski definition) is 5. The maximum atomic E-state index is 13.1. The molecular weight excluding hydrogens is 473 g/mol. The Morgan fingerprint density at radius 1 is 0.941 bits per heavy atom. The SMILES string of the molecule is Cc1cc(C)c(-c2csc(NC(=O)c3ccc(NS(=O)(=O)c4ccc(F)cc4)cc3)n2)c(C)c1. The number of halogens is 1. The first-order chi connectivity index (χ1) is 16.1. The molecule has 0 spiro atoms. The van der Waals surface area contributed by atoms with Crippen LogP contribution in [0, 0.1) is 26.6 Å². The molecule has 6 nitrogen and oxygen atoms in total. The van der Waals surface area contributed by atoms with Crippen LogP contribution >= 0.6 is 11.3 Å².